The van der Waals surface area contributed by atoms with Crippen LogP contribution in [0.25, 0.3) is 0 Å². The summed E-state index contributed by atoms with van der Waals surface area (Å²) in [5.74, 6) is -0.611. The van der Waals surface area contributed by atoms with Crippen molar-refractivity contribution in [1.29, 1.82) is 0 Å². The molecule has 0 fully saturated rings. The predicted octanol–water partition coefficient (Wildman–Crippen LogP) is 2.94. The van der Waals surface area contributed by atoms with Crippen molar-refractivity contribution in [3.05, 3.63) is 29.8 Å². The smallest absolute Gasteiger partial charge is 0.338 e. The zero-order chi connectivity index (χ0) is 15.9. The Balaban J connectivity index is 2.18. The molecule has 0 aliphatic carbocycles. The highest BCUT2D eigenvalue weighted by atomic mass is 16.6. The second kappa shape index (κ2) is 7.67. The van der Waals surface area contributed by atoms with Crippen LogP contribution in [0.3, 0.4) is 0 Å². The first-order valence-electron chi connectivity index (χ1n) is 7.02. The monoisotopic (exact) mass is 293 g/mol. The van der Waals surface area contributed by atoms with Gasteiger partial charge in [0.1, 0.15) is 5.60 Å². The first-order chi connectivity index (χ1) is 9.78. The third-order valence-electron chi connectivity index (χ3n) is 2.57. The summed E-state index contributed by atoms with van der Waals surface area (Å²) in [6, 6.07) is 6.55. The SMILES string of the molecule is CC(C)(C)OC(=O)CCCCOC(=O)c1ccc(N)cc1. The lowest BCUT2D eigenvalue weighted by atomic mass is 10.2. The third-order valence-corrected chi connectivity index (χ3v) is 2.57. The lowest BCUT2D eigenvalue weighted by Crippen LogP contribution is -2.23. The Kier molecular flexibility index (Phi) is 6.21. The van der Waals surface area contributed by atoms with E-state index in [1.165, 1.54) is 0 Å². The minimum absolute atomic E-state index is 0.229. The minimum atomic E-state index is -0.460. The number of hydrogen-bond acceptors (Lipinski definition) is 5. The normalized spacial score (nSPS) is 11.0. The van der Waals surface area contributed by atoms with Crippen molar-refractivity contribution in [3.63, 3.8) is 0 Å². The van der Waals surface area contributed by atoms with Crippen molar-refractivity contribution in [1.82, 2.24) is 0 Å². The molecule has 21 heavy (non-hydrogen) atoms. The molecule has 5 heteroatoms. The van der Waals surface area contributed by atoms with Gasteiger partial charge in [-0.25, -0.2) is 4.79 Å². The van der Waals surface area contributed by atoms with Crippen LogP contribution in [0, 0.1) is 0 Å². The van der Waals surface area contributed by atoms with Crippen LogP contribution in [-0.2, 0) is 14.3 Å². The highest BCUT2D eigenvalue weighted by molar-refractivity contribution is 5.89. The fourth-order valence-electron chi connectivity index (χ4n) is 1.63. The highest BCUT2D eigenvalue weighted by Crippen LogP contribution is 2.10. The molecule has 1 rings (SSSR count). The van der Waals surface area contributed by atoms with E-state index in [9.17, 15) is 9.59 Å². The molecule has 0 radical (unpaired) electrons. The van der Waals surface area contributed by atoms with Crippen molar-refractivity contribution in [2.24, 2.45) is 0 Å². The van der Waals surface area contributed by atoms with Crippen molar-refractivity contribution in [3.8, 4) is 0 Å². The van der Waals surface area contributed by atoms with Crippen LogP contribution in [-0.4, -0.2) is 24.1 Å². The van der Waals surface area contributed by atoms with Crippen molar-refractivity contribution in [2.45, 2.75) is 45.6 Å². The van der Waals surface area contributed by atoms with Crippen LogP contribution < -0.4 is 5.73 Å². The van der Waals surface area contributed by atoms with Crippen molar-refractivity contribution in [2.75, 3.05) is 12.3 Å². The largest absolute Gasteiger partial charge is 0.462 e. The Morgan fingerprint density at radius 2 is 1.71 bits per heavy atom. The van der Waals surface area contributed by atoms with Crippen molar-refractivity contribution < 1.29 is 19.1 Å². The molecule has 0 aliphatic heterocycles. The van der Waals surface area contributed by atoms with Crippen LogP contribution >= 0.6 is 0 Å². The van der Waals surface area contributed by atoms with Gasteiger partial charge in [-0.3, -0.25) is 4.79 Å². The van der Waals surface area contributed by atoms with E-state index in [-0.39, 0.29) is 18.5 Å². The molecule has 0 unspecified atom stereocenters. The van der Waals surface area contributed by atoms with Gasteiger partial charge in [0.05, 0.1) is 12.2 Å². The van der Waals surface area contributed by atoms with Crippen LogP contribution in [0.5, 0.6) is 0 Å². The lowest BCUT2D eigenvalue weighted by molar-refractivity contribution is -0.154. The van der Waals surface area contributed by atoms with Gasteiger partial charge in [-0.15, -0.1) is 0 Å². The molecule has 0 aromatic heterocycles. The fraction of sp³-hybridized carbons (Fsp3) is 0.500. The van der Waals surface area contributed by atoms with Crippen molar-refractivity contribution >= 4 is 17.6 Å². The average molecular weight is 293 g/mol. The lowest BCUT2D eigenvalue weighted by Gasteiger charge is -2.19. The van der Waals surface area contributed by atoms with Gasteiger partial charge in [0.15, 0.2) is 0 Å². The van der Waals surface area contributed by atoms with E-state index in [2.05, 4.69) is 0 Å². The summed E-state index contributed by atoms with van der Waals surface area (Å²) in [4.78, 5) is 23.2. The van der Waals surface area contributed by atoms with E-state index in [1.54, 1.807) is 24.3 Å². The maximum Gasteiger partial charge on any atom is 0.338 e. The Hall–Kier alpha value is -2.04. The maximum atomic E-state index is 11.7. The second-order valence-corrected chi connectivity index (χ2v) is 5.80. The molecule has 5 nitrogen and oxygen atoms in total. The number of esters is 2. The summed E-state index contributed by atoms with van der Waals surface area (Å²) in [5.41, 5.74) is 6.15. The fourth-order valence-corrected chi connectivity index (χ4v) is 1.63. The van der Waals surface area contributed by atoms with Crippen LogP contribution in [0.2, 0.25) is 0 Å². The molecular weight excluding hydrogens is 270 g/mol. The van der Waals surface area contributed by atoms with Crippen LogP contribution in [0.15, 0.2) is 24.3 Å². The topological polar surface area (TPSA) is 78.6 Å². The number of carbonyl (C=O) groups excluding carboxylic acids is 2. The number of nitrogens with two attached hydrogens (primary N) is 1. The maximum absolute atomic E-state index is 11.7. The van der Waals surface area contributed by atoms with E-state index < -0.39 is 5.60 Å². The Morgan fingerprint density at radius 3 is 2.29 bits per heavy atom. The Bertz CT molecular complexity index is 474. The molecule has 0 amide bonds. The van der Waals surface area contributed by atoms with Gasteiger partial charge < -0.3 is 15.2 Å². The molecule has 0 saturated carbocycles. The van der Waals surface area contributed by atoms with Gasteiger partial charge in [0.2, 0.25) is 0 Å². The molecule has 0 saturated heterocycles. The van der Waals surface area contributed by atoms with Gasteiger partial charge in [-0.1, -0.05) is 0 Å². The number of carbonyl (C=O) groups is 2. The molecular formula is C16H23NO4. The second-order valence-electron chi connectivity index (χ2n) is 5.80. The Morgan fingerprint density at radius 1 is 1.10 bits per heavy atom. The summed E-state index contributed by atoms with van der Waals surface area (Å²) in [6.07, 6.45) is 1.58. The van der Waals surface area contributed by atoms with E-state index in [4.69, 9.17) is 15.2 Å². The summed E-state index contributed by atoms with van der Waals surface area (Å²) in [6.45, 7) is 5.78. The minimum Gasteiger partial charge on any atom is -0.462 e. The Labute approximate surface area is 125 Å². The molecule has 0 aliphatic rings. The summed E-state index contributed by atoms with van der Waals surface area (Å²) < 4.78 is 10.3. The van der Waals surface area contributed by atoms with Gasteiger partial charge in [-0.2, -0.15) is 0 Å². The van der Waals surface area contributed by atoms with E-state index in [1.807, 2.05) is 20.8 Å². The van der Waals surface area contributed by atoms with E-state index >= 15 is 0 Å². The summed E-state index contributed by atoms with van der Waals surface area (Å²) >= 11 is 0. The highest BCUT2D eigenvalue weighted by Gasteiger charge is 2.15. The number of unbranched alkanes of at least 4 members (excludes halogenated alkanes) is 1. The standard InChI is InChI=1S/C16H23NO4/c1-16(2,3)21-14(18)6-4-5-11-20-15(19)12-7-9-13(17)10-8-12/h7-10H,4-6,11,17H2,1-3H3. The molecule has 2 N–H and O–H groups in total. The molecule has 0 bridgehead atoms. The number of benzene rings is 1. The average Bonchev–Trinajstić information content (AvgIpc) is 2.36. The number of rotatable bonds is 6. The molecule has 0 heterocycles. The number of anilines is 1. The summed E-state index contributed by atoms with van der Waals surface area (Å²) in [5, 5.41) is 0. The van der Waals surface area contributed by atoms with E-state index in [0.717, 1.165) is 0 Å². The first-order valence-corrected chi connectivity index (χ1v) is 7.02. The zero-order valence-corrected chi connectivity index (χ0v) is 12.8. The third kappa shape index (κ3) is 7.34. The molecule has 116 valence electrons. The van der Waals surface area contributed by atoms with Gasteiger partial charge >= 0.3 is 11.9 Å². The number of ether oxygens (including phenoxy) is 2. The molecule has 1 aromatic carbocycles. The van der Waals surface area contributed by atoms with Gasteiger partial charge in [-0.05, 0) is 57.9 Å². The number of hydrogen-bond donors (Lipinski definition) is 1. The zero-order valence-electron chi connectivity index (χ0n) is 12.8. The van der Waals surface area contributed by atoms with Gasteiger partial charge in [0.25, 0.3) is 0 Å². The molecule has 0 spiro atoms. The van der Waals surface area contributed by atoms with E-state index in [0.29, 0.717) is 30.5 Å². The summed E-state index contributed by atoms with van der Waals surface area (Å²) in [7, 11) is 0. The molecule has 0 atom stereocenters. The predicted molar refractivity (Wildman–Crippen MR) is 80.8 cm³/mol. The molecule has 1 aromatic rings. The van der Waals surface area contributed by atoms with Crippen LogP contribution in [0.4, 0.5) is 5.69 Å². The quantitative estimate of drug-likeness (QED) is 0.495. The first kappa shape index (κ1) is 17.0. The van der Waals surface area contributed by atoms with Gasteiger partial charge in [0, 0.05) is 12.1 Å². The number of nitrogen functional groups attached to an aromatic ring is 1. The van der Waals surface area contributed by atoms with Crippen LogP contribution in [0.1, 0.15) is 50.4 Å².